The lowest BCUT2D eigenvalue weighted by molar-refractivity contribution is -0.121. The Morgan fingerprint density at radius 2 is 1.80 bits per heavy atom. The molecule has 0 saturated carbocycles. The minimum Gasteiger partial charge on any atom is -0.494 e. The molecule has 162 valence electrons. The third-order valence-electron chi connectivity index (χ3n) is 4.44. The van der Waals surface area contributed by atoms with Gasteiger partial charge in [0.2, 0.25) is 5.91 Å². The number of hydrogen-bond acceptors (Lipinski definition) is 4. The van der Waals surface area contributed by atoms with Crippen molar-refractivity contribution in [3.05, 3.63) is 58.1 Å². The number of aryl methyl sites for hydroxylation is 1. The van der Waals surface area contributed by atoms with Crippen molar-refractivity contribution in [1.29, 1.82) is 0 Å². The van der Waals surface area contributed by atoms with Crippen molar-refractivity contribution >= 4 is 28.1 Å². The van der Waals surface area contributed by atoms with Crippen molar-refractivity contribution in [2.45, 2.75) is 52.4 Å². The Morgan fingerprint density at radius 3 is 2.53 bits per heavy atom. The van der Waals surface area contributed by atoms with Crippen LogP contribution in [0.2, 0.25) is 0 Å². The summed E-state index contributed by atoms with van der Waals surface area (Å²) < 4.78 is 12.3. The van der Waals surface area contributed by atoms with Gasteiger partial charge >= 0.3 is 0 Å². The fourth-order valence-electron chi connectivity index (χ4n) is 2.74. The van der Waals surface area contributed by atoms with Gasteiger partial charge in [0.25, 0.3) is 0 Å². The number of nitrogens with one attached hydrogen (secondary N) is 1. The van der Waals surface area contributed by atoms with Crippen molar-refractivity contribution in [3.8, 4) is 11.5 Å². The molecule has 0 heterocycles. The van der Waals surface area contributed by atoms with Gasteiger partial charge in [0.05, 0.1) is 23.9 Å². The molecule has 0 atom stereocenters. The smallest absolute Gasteiger partial charge is 0.240 e. The van der Waals surface area contributed by atoms with Crippen LogP contribution in [-0.4, -0.2) is 25.3 Å². The second kappa shape index (κ2) is 13.8. The number of amides is 1. The molecule has 30 heavy (non-hydrogen) atoms. The van der Waals surface area contributed by atoms with Crippen molar-refractivity contribution in [3.63, 3.8) is 0 Å². The standard InChI is InChI=1S/C24H31BrN2O3/c1-3-4-5-6-15-29-21-12-10-20(11-13-21)18-26-27-24(28)8-7-16-30-23-14-9-19(2)17-22(23)25/h9-14,17-18H,3-8,15-16H2,1-2H3,(H,27,28)/b26-18+. The van der Waals surface area contributed by atoms with Crippen molar-refractivity contribution < 1.29 is 14.3 Å². The highest BCUT2D eigenvalue weighted by Crippen LogP contribution is 2.25. The Kier molecular flexibility index (Phi) is 11.0. The minimum absolute atomic E-state index is 0.134. The van der Waals surface area contributed by atoms with E-state index >= 15 is 0 Å². The second-order valence-electron chi connectivity index (χ2n) is 7.16. The first kappa shape index (κ1) is 23.9. The van der Waals surface area contributed by atoms with E-state index in [0.29, 0.717) is 19.4 Å². The van der Waals surface area contributed by atoms with Gasteiger partial charge in [0, 0.05) is 6.42 Å². The van der Waals surface area contributed by atoms with Gasteiger partial charge in [-0.25, -0.2) is 5.43 Å². The Balaban J connectivity index is 1.61. The minimum atomic E-state index is -0.134. The lowest BCUT2D eigenvalue weighted by atomic mass is 10.2. The predicted molar refractivity (Wildman–Crippen MR) is 125 cm³/mol. The number of hydrogen-bond donors (Lipinski definition) is 1. The number of carbonyl (C=O) groups excluding carboxylic acids is 1. The normalized spacial score (nSPS) is 10.9. The van der Waals surface area contributed by atoms with Gasteiger partial charge in [0.15, 0.2) is 0 Å². The fourth-order valence-corrected chi connectivity index (χ4v) is 3.35. The van der Waals surface area contributed by atoms with Crippen LogP contribution in [0.25, 0.3) is 0 Å². The summed E-state index contributed by atoms with van der Waals surface area (Å²) in [6.45, 7) is 5.44. The number of carbonyl (C=O) groups is 1. The topological polar surface area (TPSA) is 59.9 Å². The molecule has 0 bridgehead atoms. The summed E-state index contributed by atoms with van der Waals surface area (Å²) in [4.78, 5) is 11.9. The van der Waals surface area contributed by atoms with E-state index in [1.165, 1.54) is 19.3 Å². The Hall–Kier alpha value is -2.34. The quantitative estimate of drug-likeness (QED) is 0.219. The van der Waals surface area contributed by atoms with Crippen LogP contribution in [0.3, 0.4) is 0 Å². The molecule has 2 rings (SSSR count). The van der Waals surface area contributed by atoms with Crippen LogP contribution in [0.15, 0.2) is 52.0 Å². The number of benzene rings is 2. The van der Waals surface area contributed by atoms with Crippen LogP contribution in [0.4, 0.5) is 0 Å². The van der Waals surface area contributed by atoms with Crippen LogP contribution < -0.4 is 14.9 Å². The summed E-state index contributed by atoms with van der Waals surface area (Å²) in [5.74, 6) is 1.50. The van der Waals surface area contributed by atoms with E-state index < -0.39 is 0 Å². The molecular formula is C24H31BrN2O3. The first-order chi connectivity index (χ1) is 14.6. The summed E-state index contributed by atoms with van der Waals surface area (Å²) in [5.41, 5.74) is 4.62. The van der Waals surface area contributed by atoms with Gasteiger partial charge in [-0.15, -0.1) is 0 Å². The van der Waals surface area contributed by atoms with Crippen LogP contribution in [0.5, 0.6) is 11.5 Å². The Labute approximate surface area is 188 Å². The highest BCUT2D eigenvalue weighted by atomic mass is 79.9. The van der Waals surface area contributed by atoms with Crippen LogP contribution >= 0.6 is 15.9 Å². The molecule has 0 spiro atoms. The summed E-state index contributed by atoms with van der Waals surface area (Å²) in [7, 11) is 0. The third kappa shape index (κ3) is 9.44. The van der Waals surface area contributed by atoms with Crippen LogP contribution in [-0.2, 0) is 4.79 Å². The molecule has 0 unspecified atom stereocenters. The molecular weight excluding hydrogens is 444 g/mol. The predicted octanol–water partition coefficient (Wildman–Crippen LogP) is 6.03. The van der Waals surface area contributed by atoms with E-state index in [0.717, 1.165) is 40.1 Å². The third-order valence-corrected chi connectivity index (χ3v) is 5.06. The number of halogens is 1. The molecule has 0 radical (unpaired) electrons. The first-order valence-corrected chi connectivity index (χ1v) is 11.3. The summed E-state index contributed by atoms with van der Waals surface area (Å²) >= 11 is 3.48. The monoisotopic (exact) mass is 474 g/mol. The zero-order chi connectivity index (χ0) is 21.6. The van der Waals surface area contributed by atoms with Gasteiger partial charge in [-0.2, -0.15) is 5.10 Å². The Morgan fingerprint density at radius 1 is 1.03 bits per heavy atom. The van der Waals surface area contributed by atoms with Gasteiger partial charge in [-0.1, -0.05) is 32.3 Å². The van der Waals surface area contributed by atoms with Gasteiger partial charge in [-0.05, 0) is 83.2 Å². The molecule has 6 heteroatoms. The second-order valence-corrected chi connectivity index (χ2v) is 8.01. The average Bonchev–Trinajstić information content (AvgIpc) is 2.73. The van der Waals surface area contributed by atoms with Crippen molar-refractivity contribution in [2.24, 2.45) is 5.10 Å². The van der Waals surface area contributed by atoms with E-state index in [2.05, 4.69) is 33.4 Å². The summed E-state index contributed by atoms with van der Waals surface area (Å²) in [5, 5.41) is 4.01. The highest BCUT2D eigenvalue weighted by molar-refractivity contribution is 9.10. The summed E-state index contributed by atoms with van der Waals surface area (Å²) in [6.07, 6.45) is 7.36. The van der Waals surface area contributed by atoms with E-state index in [1.807, 2.05) is 49.4 Å². The maximum Gasteiger partial charge on any atom is 0.240 e. The maximum absolute atomic E-state index is 11.9. The fraction of sp³-hybridized carbons (Fsp3) is 0.417. The molecule has 1 amide bonds. The molecule has 2 aromatic carbocycles. The molecule has 0 aliphatic heterocycles. The van der Waals surface area contributed by atoms with Crippen LogP contribution in [0.1, 0.15) is 56.6 Å². The summed E-state index contributed by atoms with van der Waals surface area (Å²) in [6, 6.07) is 13.6. The van der Waals surface area contributed by atoms with E-state index in [1.54, 1.807) is 6.21 Å². The molecule has 1 N–H and O–H groups in total. The zero-order valence-electron chi connectivity index (χ0n) is 17.8. The van der Waals surface area contributed by atoms with Crippen molar-refractivity contribution in [2.75, 3.05) is 13.2 Å². The number of nitrogens with zero attached hydrogens (tertiary/aromatic N) is 1. The van der Waals surface area contributed by atoms with E-state index in [4.69, 9.17) is 9.47 Å². The molecule has 0 aromatic heterocycles. The Bertz CT molecular complexity index is 807. The number of unbranched alkanes of at least 4 members (excludes halogenated alkanes) is 3. The van der Waals surface area contributed by atoms with Crippen LogP contribution in [0, 0.1) is 6.92 Å². The molecule has 0 saturated heterocycles. The number of ether oxygens (including phenoxy) is 2. The highest BCUT2D eigenvalue weighted by Gasteiger charge is 2.03. The van der Waals surface area contributed by atoms with Crippen molar-refractivity contribution in [1.82, 2.24) is 5.43 Å². The average molecular weight is 475 g/mol. The van der Waals surface area contributed by atoms with E-state index in [9.17, 15) is 4.79 Å². The van der Waals surface area contributed by atoms with Gasteiger partial charge in [0.1, 0.15) is 11.5 Å². The molecule has 5 nitrogen and oxygen atoms in total. The SMILES string of the molecule is CCCCCCOc1ccc(/C=N/NC(=O)CCCOc2ccc(C)cc2Br)cc1. The maximum atomic E-state index is 11.9. The zero-order valence-corrected chi connectivity index (χ0v) is 19.4. The number of hydrazone groups is 1. The number of rotatable bonds is 13. The largest absolute Gasteiger partial charge is 0.494 e. The lowest BCUT2D eigenvalue weighted by Gasteiger charge is -2.08. The van der Waals surface area contributed by atoms with E-state index in [-0.39, 0.29) is 5.91 Å². The molecule has 2 aromatic rings. The van der Waals surface area contributed by atoms with Gasteiger partial charge < -0.3 is 9.47 Å². The first-order valence-electron chi connectivity index (χ1n) is 10.5. The molecule has 0 fully saturated rings. The lowest BCUT2D eigenvalue weighted by Crippen LogP contribution is -2.18. The molecule has 0 aliphatic carbocycles. The van der Waals surface area contributed by atoms with Gasteiger partial charge in [-0.3, -0.25) is 4.79 Å². The molecule has 0 aliphatic rings.